The molecule has 2 aliphatic heterocycles. The summed E-state index contributed by atoms with van der Waals surface area (Å²) in [7, 11) is 2.08. The zero-order chi connectivity index (χ0) is 21.0. The van der Waals surface area contributed by atoms with Gasteiger partial charge in [0.1, 0.15) is 11.4 Å². The van der Waals surface area contributed by atoms with Crippen molar-refractivity contribution in [3.05, 3.63) is 35.5 Å². The number of nitrogens with zero attached hydrogens (tertiary/aromatic N) is 3. The molecule has 0 aromatic heterocycles. The van der Waals surface area contributed by atoms with Crippen LogP contribution in [0.25, 0.3) is 5.57 Å². The quantitative estimate of drug-likeness (QED) is 0.629. The Kier molecular flexibility index (Phi) is 6.96. The minimum Gasteiger partial charge on any atom is -0.493 e. The lowest BCUT2D eigenvalue weighted by Gasteiger charge is -2.34. The lowest BCUT2D eigenvalue weighted by molar-refractivity contribution is -0.137. The summed E-state index contributed by atoms with van der Waals surface area (Å²) in [6.07, 6.45) is 1.76. The zero-order valence-corrected chi connectivity index (χ0v) is 18.1. The highest BCUT2D eigenvalue weighted by atomic mass is 16.5. The van der Waals surface area contributed by atoms with E-state index in [9.17, 15) is 9.59 Å². The van der Waals surface area contributed by atoms with Crippen LogP contribution in [0.15, 0.2) is 30.0 Å². The minimum atomic E-state index is -0.173. The topological polar surface area (TPSA) is 53.1 Å². The normalized spacial score (nSPS) is 18.4. The third kappa shape index (κ3) is 4.81. The molecule has 2 aliphatic rings. The molecule has 0 aliphatic carbocycles. The fourth-order valence-electron chi connectivity index (χ4n) is 3.65. The number of hydrogen-bond acceptors (Lipinski definition) is 5. The number of ether oxygens (including phenoxy) is 1. The van der Waals surface area contributed by atoms with E-state index in [1.165, 1.54) is 4.90 Å². The van der Waals surface area contributed by atoms with Crippen LogP contribution in [0.2, 0.25) is 0 Å². The second-order valence-corrected chi connectivity index (χ2v) is 8.36. The maximum absolute atomic E-state index is 13.2. The highest BCUT2D eigenvalue weighted by molar-refractivity contribution is 6.35. The van der Waals surface area contributed by atoms with Crippen LogP contribution in [0.4, 0.5) is 0 Å². The second kappa shape index (κ2) is 9.44. The van der Waals surface area contributed by atoms with Crippen molar-refractivity contribution in [1.82, 2.24) is 14.7 Å². The monoisotopic (exact) mass is 399 g/mol. The fraction of sp³-hybridized carbons (Fsp3) is 0.565. The molecule has 0 saturated carbocycles. The van der Waals surface area contributed by atoms with E-state index in [0.29, 0.717) is 30.3 Å². The summed E-state index contributed by atoms with van der Waals surface area (Å²) < 4.78 is 5.77. The Morgan fingerprint density at radius 2 is 1.66 bits per heavy atom. The van der Waals surface area contributed by atoms with Crippen molar-refractivity contribution in [2.45, 2.75) is 33.6 Å². The lowest BCUT2D eigenvalue weighted by atomic mass is 10.0. The first-order valence-electron chi connectivity index (χ1n) is 10.7. The van der Waals surface area contributed by atoms with Crippen molar-refractivity contribution >= 4 is 17.4 Å². The molecule has 0 radical (unpaired) electrons. The molecule has 29 heavy (non-hydrogen) atoms. The Morgan fingerprint density at radius 1 is 1.00 bits per heavy atom. The van der Waals surface area contributed by atoms with Crippen molar-refractivity contribution in [3.63, 3.8) is 0 Å². The first kappa shape index (κ1) is 21.4. The van der Waals surface area contributed by atoms with Crippen molar-refractivity contribution in [1.29, 1.82) is 0 Å². The van der Waals surface area contributed by atoms with Crippen molar-refractivity contribution in [3.8, 4) is 5.75 Å². The molecule has 2 heterocycles. The van der Waals surface area contributed by atoms with Gasteiger partial charge in [-0.2, -0.15) is 0 Å². The fourth-order valence-corrected chi connectivity index (χ4v) is 3.65. The number of benzene rings is 1. The molecule has 0 spiro atoms. The van der Waals surface area contributed by atoms with Gasteiger partial charge in [0.05, 0.1) is 12.2 Å². The highest BCUT2D eigenvalue weighted by Crippen LogP contribution is 2.33. The Hall–Kier alpha value is -2.34. The molecule has 6 nitrogen and oxygen atoms in total. The maximum atomic E-state index is 13.2. The summed E-state index contributed by atoms with van der Waals surface area (Å²) >= 11 is 0. The predicted molar refractivity (Wildman–Crippen MR) is 114 cm³/mol. The number of unbranched alkanes of at least 4 members (excludes halogenated alkanes) is 1. The van der Waals surface area contributed by atoms with Crippen molar-refractivity contribution in [2.24, 2.45) is 5.92 Å². The number of carbonyl (C=O) groups excluding carboxylic acids is 2. The minimum absolute atomic E-state index is 0.150. The van der Waals surface area contributed by atoms with E-state index in [-0.39, 0.29) is 11.8 Å². The summed E-state index contributed by atoms with van der Waals surface area (Å²) in [5, 5.41) is 0. The van der Waals surface area contributed by atoms with E-state index in [1.54, 1.807) is 0 Å². The van der Waals surface area contributed by atoms with Crippen LogP contribution in [0.3, 0.4) is 0 Å². The van der Waals surface area contributed by atoms with Gasteiger partial charge in [0.15, 0.2) is 0 Å². The van der Waals surface area contributed by atoms with Crippen LogP contribution in [-0.2, 0) is 9.59 Å². The zero-order valence-electron chi connectivity index (χ0n) is 18.1. The van der Waals surface area contributed by atoms with Crippen LogP contribution in [0, 0.1) is 5.92 Å². The molecule has 1 aromatic rings. The number of hydrogen-bond donors (Lipinski definition) is 0. The van der Waals surface area contributed by atoms with Gasteiger partial charge in [-0.25, -0.2) is 0 Å². The number of carbonyl (C=O) groups is 2. The molecule has 158 valence electrons. The van der Waals surface area contributed by atoms with Gasteiger partial charge in [0.2, 0.25) is 0 Å². The SMILES string of the molecule is CCCCN1C(=O)C(c2ccc(OCC(C)C)cc2)=C(N2CCN(C)CC2)C1=O. The molecule has 0 unspecified atom stereocenters. The van der Waals surface area contributed by atoms with E-state index < -0.39 is 0 Å². The maximum Gasteiger partial charge on any atom is 0.277 e. The molecular weight excluding hydrogens is 366 g/mol. The van der Waals surface area contributed by atoms with E-state index in [1.807, 2.05) is 24.3 Å². The van der Waals surface area contributed by atoms with Gasteiger partial charge in [-0.15, -0.1) is 0 Å². The van der Waals surface area contributed by atoms with Gasteiger partial charge < -0.3 is 14.5 Å². The summed E-state index contributed by atoms with van der Waals surface area (Å²) in [6.45, 7) is 10.7. The standard InChI is InChI=1S/C23H33N3O3/c1-5-6-11-26-22(27)20(18-7-9-19(10-8-18)29-16-17(2)3)21(23(26)28)25-14-12-24(4)13-15-25/h7-10,17H,5-6,11-16H2,1-4H3. The molecule has 1 saturated heterocycles. The molecular formula is C23H33N3O3. The Morgan fingerprint density at radius 3 is 2.24 bits per heavy atom. The van der Waals surface area contributed by atoms with Gasteiger partial charge in [-0.05, 0) is 37.1 Å². The number of rotatable bonds is 8. The summed E-state index contributed by atoms with van der Waals surface area (Å²) in [5.74, 6) is 0.905. The molecule has 3 rings (SSSR count). The Bertz CT molecular complexity index is 762. The lowest BCUT2D eigenvalue weighted by Crippen LogP contribution is -2.46. The molecule has 1 aromatic carbocycles. The van der Waals surface area contributed by atoms with Gasteiger partial charge in [-0.1, -0.05) is 39.3 Å². The predicted octanol–water partition coefficient (Wildman–Crippen LogP) is 2.85. The Labute approximate surface area is 174 Å². The van der Waals surface area contributed by atoms with Crippen LogP contribution < -0.4 is 4.74 Å². The van der Waals surface area contributed by atoms with Crippen LogP contribution in [0.5, 0.6) is 5.75 Å². The number of likely N-dealkylation sites (N-methyl/N-ethyl adjacent to an activating group) is 1. The van der Waals surface area contributed by atoms with Crippen LogP contribution >= 0.6 is 0 Å². The molecule has 0 N–H and O–H groups in total. The largest absolute Gasteiger partial charge is 0.493 e. The summed E-state index contributed by atoms with van der Waals surface area (Å²) in [4.78, 5) is 32.2. The van der Waals surface area contributed by atoms with E-state index in [2.05, 4.69) is 37.6 Å². The van der Waals surface area contributed by atoms with Gasteiger partial charge in [0.25, 0.3) is 11.8 Å². The van der Waals surface area contributed by atoms with Crippen LogP contribution in [-0.4, -0.2) is 72.9 Å². The second-order valence-electron chi connectivity index (χ2n) is 8.36. The van der Waals surface area contributed by atoms with E-state index in [4.69, 9.17) is 4.74 Å². The average Bonchev–Trinajstić information content (AvgIpc) is 2.96. The molecule has 2 amide bonds. The van der Waals surface area contributed by atoms with Crippen molar-refractivity contribution in [2.75, 3.05) is 46.4 Å². The van der Waals surface area contributed by atoms with Crippen LogP contribution in [0.1, 0.15) is 39.2 Å². The van der Waals surface area contributed by atoms with Crippen molar-refractivity contribution < 1.29 is 14.3 Å². The molecule has 6 heteroatoms. The molecule has 1 fully saturated rings. The molecule has 0 atom stereocenters. The van der Waals surface area contributed by atoms with Gasteiger partial charge in [-0.3, -0.25) is 14.5 Å². The summed E-state index contributed by atoms with van der Waals surface area (Å²) in [5.41, 5.74) is 1.88. The first-order valence-corrected chi connectivity index (χ1v) is 10.7. The average molecular weight is 400 g/mol. The van der Waals surface area contributed by atoms with Gasteiger partial charge in [0, 0.05) is 32.7 Å². The smallest absolute Gasteiger partial charge is 0.277 e. The van der Waals surface area contributed by atoms with E-state index in [0.717, 1.165) is 50.3 Å². The number of piperazine rings is 1. The number of amides is 2. The van der Waals surface area contributed by atoms with E-state index >= 15 is 0 Å². The summed E-state index contributed by atoms with van der Waals surface area (Å²) in [6, 6.07) is 7.57. The first-order chi connectivity index (χ1) is 13.9. The van der Waals surface area contributed by atoms with Gasteiger partial charge >= 0.3 is 0 Å². The number of imide groups is 1. The third-order valence-corrected chi connectivity index (χ3v) is 5.42. The highest BCUT2D eigenvalue weighted by Gasteiger charge is 2.41. The third-order valence-electron chi connectivity index (χ3n) is 5.42. The Balaban J connectivity index is 1.91. The molecule has 0 bridgehead atoms.